The Kier molecular flexibility index (Phi) is 4.76. The van der Waals surface area contributed by atoms with Crippen molar-refractivity contribution in [2.75, 3.05) is 0 Å². The molecule has 1 saturated carbocycles. The van der Waals surface area contributed by atoms with E-state index in [-0.39, 0.29) is 18.0 Å². The number of rotatable bonds is 4. The van der Waals surface area contributed by atoms with Crippen LogP contribution in [0.5, 0.6) is 0 Å². The summed E-state index contributed by atoms with van der Waals surface area (Å²) in [6.45, 7) is 0. The van der Waals surface area contributed by atoms with Crippen molar-refractivity contribution in [1.82, 2.24) is 0 Å². The second-order valence-electron chi connectivity index (χ2n) is 5.16. The van der Waals surface area contributed by atoms with Crippen LogP contribution in [0.4, 0.5) is 4.39 Å². The van der Waals surface area contributed by atoms with Crippen molar-refractivity contribution in [3.8, 4) is 0 Å². The molecule has 0 saturated heterocycles. The summed E-state index contributed by atoms with van der Waals surface area (Å²) in [4.78, 5) is 11.9. The molecule has 1 nitrogen and oxygen atoms in total. The highest BCUT2D eigenvalue weighted by molar-refractivity contribution is 6.30. The van der Waals surface area contributed by atoms with E-state index in [0.717, 1.165) is 12.8 Å². The summed E-state index contributed by atoms with van der Waals surface area (Å²) in [5.41, 5.74) is 0.420. The molecule has 0 N–H and O–H groups in total. The molecule has 3 heteroatoms. The van der Waals surface area contributed by atoms with Crippen LogP contribution in [0.3, 0.4) is 0 Å². The van der Waals surface area contributed by atoms with Crippen molar-refractivity contribution in [3.05, 3.63) is 34.6 Å². The topological polar surface area (TPSA) is 17.1 Å². The predicted molar refractivity (Wildman–Crippen MR) is 71.3 cm³/mol. The minimum atomic E-state index is -0.337. The van der Waals surface area contributed by atoms with Crippen LogP contribution in [0.1, 0.15) is 44.1 Å². The molecule has 0 unspecified atom stereocenters. The van der Waals surface area contributed by atoms with Crippen LogP contribution in [0.15, 0.2) is 18.2 Å². The number of hydrogen-bond acceptors (Lipinski definition) is 1. The van der Waals surface area contributed by atoms with Gasteiger partial charge in [-0.2, -0.15) is 0 Å². The molecule has 0 aliphatic heterocycles. The van der Waals surface area contributed by atoms with Gasteiger partial charge in [-0.05, 0) is 29.7 Å². The van der Waals surface area contributed by atoms with Crippen molar-refractivity contribution in [3.63, 3.8) is 0 Å². The fraction of sp³-hybridized carbons (Fsp3) is 0.533. The summed E-state index contributed by atoms with van der Waals surface area (Å²) in [5, 5.41) is 0.483. The first kappa shape index (κ1) is 13.5. The molecule has 1 fully saturated rings. The average Bonchev–Trinajstić information content (AvgIpc) is 2.35. The minimum absolute atomic E-state index is 0.128. The van der Waals surface area contributed by atoms with Gasteiger partial charge in [0.15, 0.2) is 0 Å². The number of carbonyl (C=O) groups excluding carboxylic acids is 1. The van der Waals surface area contributed by atoms with Gasteiger partial charge in [0, 0.05) is 17.9 Å². The van der Waals surface area contributed by atoms with Crippen molar-refractivity contribution in [2.45, 2.75) is 44.9 Å². The van der Waals surface area contributed by atoms with E-state index in [1.807, 2.05) is 0 Å². The maximum atomic E-state index is 13.5. The summed E-state index contributed by atoms with van der Waals surface area (Å²) in [5.74, 6) is 0.299. The molecule has 0 amide bonds. The lowest BCUT2D eigenvalue weighted by molar-refractivity contribution is -0.119. The monoisotopic (exact) mass is 268 g/mol. The van der Waals surface area contributed by atoms with Gasteiger partial charge in [-0.3, -0.25) is 4.79 Å². The van der Waals surface area contributed by atoms with Gasteiger partial charge in [0.2, 0.25) is 0 Å². The lowest BCUT2D eigenvalue weighted by atomic mass is 9.85. The van der Waals surface area contributed by atoms with Crippen molar-refractivity contribution in [2.24, 2.45) is 5.92 Å². The zero-order valence-corrected chi connectivity index (χ0v) is 11.2. The zero-order valence-electron chi connectivity index (χ0n) is 10.4. The number of hydrogen-bond donors (Lipinski definition) is 0. The summed E-state index contributed by atoms with van der Waals surface area (Å²) in [7, 11) is 0. The number of halogens is 2. The average molecular weight is 269 g/mol. The molecule has 18 heavy (non-hydrogen) atoms. The molecule has 2 rings (SSSR count). The molecule has 1 aliphatic rings. The molecule has 0 spiro atoms. The van der Waals surface area contributed by atoms with Crippen LogP contribution in [-0.2, 0) is 11.2 Å². The number of ketones is 1. The zero-order chi connectivity index (χ0) is 13.0. The molecule has 1 aliphatic carbocycles. The lowest BCUT2D eigenvalue weighted by Crippen LogP contribution is -2.14. The largest absolute Gasteiger partial charge is 0.299 e. The fourth-order valence-corrected chi connectivity index (χ4v) is 2.87. The normalized spacial score (nSPS) is 16.8. The van der Waals surface area contributed by atoms with Gasteiger partial charge in [0.1, 0.15) is 11.6 Å². The van der Waals surface area contributed by atoms with Crippen LogP contribution >= 0.6 is 11.6 Å². The van der Waals surface area contributed by atoms with Crippen LogP contribution in [0, 0.1) is 11.7 Å². The van der Waals surface area contributed by atoms with Gasteiger partial charge >= 0.3 is 0 Å². The molecular weight excluding hydrogens is 251 g/mol. The molecule has 0 heterocycles. The standard InChI is InChI=1S/C15H18ClFO/c16-13-6-7-15(17)12(9-13)10-14(18)8-11-4-2-1-3-5-11/h6-7,9,11H,1-5,8,10H2. The first-order valence-electron chi connectivity index (χ1n) is 6.61. The van der Waals surface area contributed by atoms with Crippen molar-refractivity contribution in [1.29, 1.82) is 0 Å². The molecule has 1 aromatic rings. The molecule has 0 atom stereocenters. The number of carbonyl (C=O) groups is 1. The van der Waals surface area contributed by atoms with E-state index in [9.17, 15) is 9.18 Å². The van der Waals surface area contributed by atoms with Crippen molar-refractivity contribution >= 4 is 17.4 Å². The molecule has 1 aromatic carbocycles. The van der Waals surface area contributed by atoms with Gasteiger partial charge in [-0.1, -0.05) is 43.7 Å². The third-order valence-corrected chi connectivity index (χ3v) is 3.87. The Morgan fingerprint density at radius 1 is 1.28 bits per heavy atom. The van der Waals surface area contributed by atoms with Gasteiger partial charge < -0.3 is 0 Å². The van der Waals surface area contributed by atoms with E-state index >= 15 is 0 Å². The highest BCUT2D eigenvalue weighted by Crippen LogP contribution is 2.27. The first-order chi connectivity index (χ1) is 8.65. The second-order valence-corrected chi connectivity index (χ2v) is 5.60. The van der Waals surface area contributed by atoms with E-state index < -0.39 is 0 Å². The predicted octanol–water partition coefficient (Wildman–Crippen LogP) is 4.56. The summed E-state index contributed by atoms with van der Waals surface area (Å²) in [6, 6.07) is 4.38. The summed E-state index contributed by atoms with van der Waals surface area (Å²) >= 11 is 5.81. The van der Waals surface area contributed by atoms with Crippen LogP contribution in [-0.4, -0.2) is 5.78 Å². The third kappa shape index (κ3) is 3.81. The Hall–Kier alpha value is -0.890. The third-order valence-electron chi connectivity index (χ3n) is 3.64. The maximum absolute atomic E-state index is 13.5. The Bertz CT molecular complexity index is 425. The number of benzene rings is 1. The van der Waals surface area contributed by atoms with Crippen LogP contribution in [0.25, 0.3) is 0 Å². The van der Waals surface area contributed by atoms with E-state index in [2.05, 4.69) is 0 Å². The Balaban J connectivity index is 1.92. The van der Waals surface area contributed by atoms with Gasteiger partial charge in [0.05, 0.1) is 0 Å². The molecule has 98 valence electrons. The van der Waals surface area contributed by atoms with E-state index in [1.165, 1.54) is 31.4 Å². The van der Waals surface area contributed by atoms with E-state index in [1.54, 1.807) is 6.07 Å². The smallest absolute Gasteiger partial charge is 0.137 e. The van der Waals surface area contributed by atoms with Crippen LogP contribution < -0.4 is 0 Å². The molecule has 0 aromatic heterocycles. The Labute approximate surface area is 112 Å². The van der Waals surface area contributed by atoms with Gasteiger partial charge in [0.25, 0.3) is 0 Å². The van der Waals surface area contributed by atoms with Gasteiger partial charge in [-0.15, -0.1) is 0 Å². The summed E-state index contributed by atoms with van der Waals surface area (Å²) < 4.78 is 13.5. The first-order valence-corrected chi connectivity index (χ1v) is 6.98. The fourth-order valence-electron chi connectivity index (χ4n) is 2.68. The summed E-state index contributed by atoms with van der Waals surface area (Å²) in [6.07, 6.45) is 6.78. The minimum Gasteiger partial charge on any atom is -0.299 e. The van der Waals surface area contributed by atoms with Crippen molar-refractivity contribution < 1.29 is 9.18 Å². The second kappa shape index (κ2) is 6.33. The Morgan fingerprint density at radius 2 is 2.00 bits per heavy atom. The molecule has 0 radical (unpaired) electrons. The van der Waals surface area contributed by atoms with Crippen LogP contribution in [0.2, 0.25) is 5.02 Å². The lowest BCUT2D eigenvalue weighted by Gasteiger charge is -2.20. The maximum Gasteiger partial charge on any atom is 0.137 e. The quantitative estimate of drug-likeness (QED) is 0.782. The Morgan fingerprint density at radius 3 is 2.72 bits per heavy atom. The van der Waals surface area contributed by atoms with E-state index in [4.69, 9.17) is 11.6 Å². The SMILES string of the molecule is O=C(Cc1cc(Cl)ccc1F)CC1CCCCC1. The van der Waals surface area contributed by atoms with E-state index in [0.29, 0.717) is 22.9 Å². The number of Topliss-reactive ketones (excluding diaryl/α,β-unsaturated/α-hetero) is 1. The van der Waals surface area contributed by atoms with Gasteiger partial charge in [-0.25, -0.2) is 4.39 Å². The highest BCUT2D eigenvalue weighted by atomic mass is 35.5. The highest BCUT2D eigenvalue weighted by Gasteiger charge is 2.18. The molecule has 0 bridgehead atoms. The molecular formula is C15H18ClFO.